The summed E-state index contributed by atoms with van der Waals surface area (Å²) in [7, 11) is 0. The van der Waals surface area contributed by atoms with Gasteiger partial charge < -0.3 is 10.8 Å². The smallest absolute Gasteiger partial charge is 0.162 e. The normalized spacial score (nSPS) is 10.2. The predicted octanol–water partition coefficient (Wildman–Crippen LogP) is 2.21. The molecule has 14 heavy (non-hydrogen) atoms. The van der Waals surface area contributed by atoms with Gasteiger partial charge in [0.1, 0.15) is 5.75 Å². The van der Waals surface area contributed by atoms with E-state index in [9.17, 15) is 9.90 Å². The van der Waals surface area contributed by atoms with Crippen molar-refractivity contribution in [2.45, 2.75) is 19.9 Å². The summed E-state index contributed by atoms with van der Waals surface area (Å²) in [6, 6.07) is 3.24. The van der Waals surface area contributed by atoms with Gasteiger partial charge in [-0.2, -0.15) is 0 Å². The fourth-order valence-electron chi connectivity index (χ4n) is 1.18. The maximum atomic E-state index is 11.4. The average molecular weight is 258 g/mol. The first-order chi connectivity index (χ1) is 6.60. The van der Waals surface area contributed by atoms with Crippen LogP contribution in [0.2, 0.25) is 0 Å². The van der Waals surface area contributed by atoms with Crippen molar-refractivity contribution < 1.29 is 9.90 Å². The van der Waals surface area contributed by atoms with E-state index in [0.717, 1.165) is 0 Å². The Bertz CT molecular complexity index is 363. The number of rotatable bonds is 3. The van der Waals surface area contributed by atoms with Gasteiger partial charge in [0.25, 0.3) is 0 Å². The van der Waals surface area contributed by atoms with Crippen LogP contribution in [0.25, 0.3) is 0 Å². The van der Waals surface area contributed by atoms with Crippen LogP contribution in [-0.2, 0) is 6.54 Å². The molecule has 3 N–H and O–H groups in total. The number of nitrogens with two attached hydrogens (primary N) is 1. The lowest BCUT2D eigenvalue weighted by Gasteiger charge is -2.06. The Balaban J connectivity index is 3.22. The fraction of sp³-hybridized carbons (Fsp3) is 0.300. The van der Waals surface area contributed by atoms with Crippen molar-refractivity contribution in [1.29, 1.82) is 0 Å². The number of Topliss-reactive ketones (excluding diaryl/α,β-unsaturated/α-hetero) is 1. The molecule has 0 fully saturated rings. The van der Waals surface area contributed by atoms with Crippen molar-refractivity contribution in [3.05, 3.63) is 27.7 Å². The summed E-state index contributed by atoms with van der Waals surface area (Å²) >= 11 is 3.18. The molecule has 0 aliphatic heterocycles. The van der Waals surface area contributed by atoms with E-state index in [2.05, 4.69) is 15.9 Å². The second-order valence-corrected chi connectivity index (χ2v) is 3.80. The van der Waals surface area contributed by atoms with E-state index in [0.29, 0.717) is 22.0 Å². The first-order valence-electron chi connectivity index (χ1n) is 4.34. The Labute approximate surface area is 91.1 Å². The van der Waals surface area contributed by atoms with Gasteiger partial charge in [0, 0.05) is 24.1 Å². The number of carbonyl (C=O) groups excluding carboxylic acids is 1. The summed E-state index contributed by atoms with van der Waals surface area (Å²) in [4.78, 5) is 11.4. The minimum Gasteiger partial charge on any atom is -0.506 e. The zero-order valence-electron chi connectivity index (χ0n) is 7.88. The monoisotopic (exact) mass is 257 g/mol. The highest BCUT2D eigenvalue weighted by Crippen LogP contribution is 2.29. The number of phenols is 1. The Morgan fingerprint density at radius 1 is 1.57 bits per heavy atom. The molecule has 0 aliphatic carbocycles. The molecular weight excluding hydrogens is 246 g/mol. The van der Waals surface area contributed by atoms with E-state index in [1.54, 1.807) is 19.1 Å². The molecule has 76 valence electrons. The third-order valence-corrected chi connectivity index (χ3v) is 2.61. The van der Waals surface area contributed by atoms with Crippen LogP contribution in [0.3, 0.4) is 0 Å². The molecule has 0 heterocycles. The third-order valence-electron chi connectivity index (χ3n) is 2.01. The molecule has 0 aliphatic rings. The van der Waals surface area contributed by atoms with E-state index in [4.69, 9.17) is 5.73 Å². The SMILES string of the molecule is CCC(=O)c1cc(Br)c(O)c(CN)c1. The number of hydrogen-bond donors (Lipinski definition) is 2. The zero-order valence-corrected chi connectivity index (χ0v) is 9.47. The minimum atomic E-state index is 0.0420. The standard InChI is InChI=1S/C10H12BrNO2/c1-2-9(13)6-3-7(5-12)10(14)8(11)4-6/h3-4,14H,2,5,12H2,1H3. The molecule has 4 heteroatoms. The van der Waals surface area contributed by atoms with Crippen molar-refractivity contribution in [2.75, 3.05) is 0 Å². The summed E-state index contributed by atoms with van der Waals surface area (Å²) in [6.07, 6.45) is 0.446. The number of carbonyl (C=O) groups is 1. The number of aromatic hydroxyl groups is 1. The molecule has 0 spiro atoms. The Morgan fingerprint density at radius 2 is 2.21 bits per heavy atom. The van der Waals surface area contributed by atoms with Gasteiger partial charge in [-0.1, -0.05) is 6.92 Å². The van der Waals surface area contributed by atoms with Gasteiger partial charge in [0.2, 0.25) is 0 Å². The van der Waals surface area contributed by atoms with Gasteiger partial charge in [-0.15, -0.1) is 0 Å². The molecule has 1 aromatic carbocycles. The largest absolute Gasteiger partial charge is 0.506 e. The van der Waals surface area contributed by atoms with E-state index in [1.807, 2.05) is 0 Å². The maximum Gasteiger partial charge on any atom is 0.162 e. The molecule has 0 radical (unpaired) electrons. The highest BCUT2D eigenvalue weighted by molar-refractivity contribution is 9.10. The van der Waals surface area contributed by atoms with Gasteiger partial charge in [0.05, 0.1) is 4.47 Å². The second-order valence-electron chi connectivity index (χ2n) is 2.95. The van der Waals surface area contributed by atoms with Crippen molar-refractivity contribution in [2.24, 2.45) is 5.73 Å². The molecule has 0 aromatic heterocycles. The molecule has 0 atom stereocenters. The number of phenolic OH excluding ortho intramolecular Hbond substituents is 1. The van der Waals surface area contributed by atoms with E-state index in [-0.39, 0.29) is 18.1 Å². The number of halogens is 1. The molecular formula is C10H12BrNO2. The van der Waals surface area contributed by atoms with Crippen LogP contribution in [0, 0.1) is 0 Å². The van der Waals surface area contributed by atoms with Gasteiger partial charge in [0.15, 0.2) is 5.78 Å². The minimum absolute atomic E-state index is 0.0420. The van der Waals surface area contributed by atoms with Crippen LogP contribution in [0.15, 0.2) is 16.6 Å². The number of benzene rings is 1. The lowest BCUT2D eigenvalue weighted by Crippen LogP contribution is -2.02. The number of hydrogen-bond acceptors (Lipinski definition) is 3. The van der Waals surface area contributed by atoms with Crippen molar-refractivity contribution in [1.82, 2.24) is 0 Å². The van der Waals surface area contributed by atoms with Crippen molar-refractivity contribution in [3.63, 3.8) is 0 Å². The van der Waals surface area contributed by atoms with Crippen molar-refractivity contribution in [3.8, 4) is 5.75 Å². The van der Waals surface area contributed by atoms with E-state index in [1.165, 1.54) is 0 Å². The summed E-state index contributed by atoms with van der Waals surface area (Å²) in [5.74, 6) is 0.153. The van der Waals surface area contributed by atoms with Crippen LogP contribution in [-0.4, -0.2) is 10.9 Å². The molecule has 0 saturated heterocycles. The molecule has 0 amide bonds. The summed E-state index contributed by atoms with van der Waals surface area (Å²) in [5, 5.41) is 9.54. The molecule has 0 saturated carbocycles. The van der Waals surface area contributed by atoms with Crippen LogP contribution in [0.1, 0.15) is 29.3 Å². The molecule has 1 rings (SSSR count). The maximum absolute atomic E-state index is 11.4. The summed E-state index contributed by atoms with van der Waals surface area (Å²) in [5.41, 5.74) is 6.60. The van der Waals surface area contributed by atoms with E-state index >= 15 is 0 Å². The van der Waals surface area contributed by atoms with E-state index < -0.39 is 0 Å². The van der Waals surface area contributed by atoms with Gasteiger partial charge in [-0.25, -0.2) is 0 Å². The lowest BCUT2D eigenvalue weighted by atomic mass is 10.0. The zero-order chi connectivity index (χ0) is 10.7. The molecule has 1 aromatic rings. The number of ketones is 1. The van der Waals surface area contributed by atoms with Crippen LogP contribution in [0.5, 0.6) is 5.75 Å². The Morgan fingerprint density at radius 3 is 2.71 bits per heavy atom. The van der Waals surface area contributed by atoms with Crippen LogP contribution >= 0.6 is 15.9 Å². The second kappa shape index (κ2) is 4.57. The molecule has 0 unspecified atom stereocenters. The molecule has 3 nitrogen and oxygen atoms in total. The highest BCUT2D eigenvalue weighted by atomic mass is 79.9. The average Bonchev–Trinajstić information content (AvgIpc) is 2.20. The predicted molar refractivity (Wildman–Crippen MR) is 58.3 cm³/mol. The van der Waals surface area contributed by atoms with Crippen molar-refractivity contribution >= 4 is 21.7 Å². The highest BCUT2D eigenvalue weighted by Gasteiger charge is 2.10. The third kappa shape index (κ3) is 2.13. The fourth-order valence-corrected chi connectivity index (χ4v) is 1.68. The van der Waals surface area contributed by atoms with Crippen LogP contribution in [0.4, 0.5) is 0 Å². The Kier molecular flexibility index (Phi) is 3.66. The first-order valence-corrected chi connectivity index (χ1v) is 5.14. The van der Waals surface area contributed by atoms with Gasteiger partial charge >= 0.3 is 0 Å². The van der Waals surface area contributed by atoms with Gasteiger partial charge in [-0.3, -0.25) is 4.79 Å². The molecule has 0 bridgehead atoms. The lowest BCUT2D eigenvalue weighted by molar-refractivity contribution is 0.0988. The summed E-state index contributed by atoms with van der Waals surface area (Å²) in [6.45, 7) is 2.01. The quantitative estimate of drug-likeness (QED) is 0.817. The van der Waals surface area contributed by atoms with Gasteiger partial charge in [-0.05, 0) is 28.1 Å². The summed E-state index contributed by atoms with van der Waals surface area (Å²) < 4.78 is 0.511. The van der Waals surface area contributed by atoms with Crippen LogP contribution < -0.4 is 5.73 Å². The Hall–Kier alpha value is -0.870. The topological polar surface area (TPSA) is 63.3 Å². The first kappa shape index (κ1) is 11.2.